The molecule has 2 N–H and O–H groups in total. The molecule has 8 nitrogen and oxygen atoms in total. The molecule has 8 heteroatoms. The summed E-state index contributed by atoms with van der Waals surface area (Å²) >= 11 is 0. The van der Waals surface area contributed by atoms with Crippen LogP contribution in [0.5, 0.6) is 0 Å². The summed E-state index contributed by atoms with van der Waals surface area (Å²) in [6.07, 6.45) is 5.00. The van der Waals surface area contributed by atoms with Gasteiger partial charge in [0.05, 0.1) is 24.5 Å². The van der Waals surface area contributed by atoms with E-state index in [0.717, 1.165) is 36.9 Å². The molecule has 2 aromatic heterocycles. The molecule has 0 saturated heterocycles. The lowest BCUT2D eigenvalue weighted by Gasteiger charge is -2.29. The smallest absolute Gasteiger partial charge is 0.273 e. The number of carbonyl (C=O) groups excluding carboxylic acids is 1. The van der Waals surface area contributed by atoms with E-state index >= 15 is 0 Å². The molecule has 4 rings (SSSR count). The van der Waals surface area contributed by atoms with E-state index in [1.165, 1.54) is 0 Å². The van der Waals surface area contributed by atoms with Crippen LogP contribution in [0.3, 0.4) is 0 Å². The van der Waals surface area contributed by atoms with Crippen LogP contribution in [0.4, 0.5) is 0 Å². The first-order chi connectivity index (χ1) is 13.2. The van der Waals surface area contributed by atoms with Gasteiger partial charge in [-0.3, -0.25) is 4.79 Å². The molecule has 1 amide bonds. The fraction of sp³-hybridized carbons (Fsp3) is 0.368. The fourth-order valence-electron chi connectivity index (χ4n) is 3.53. The maximum atomic E-state index is 12.5. The quantitative estimate of drug-likeness (QED) is 0.717. The molecule has 0 radical (unpaired) electrons. The summed E-state index contributed by atoms with van der Waals surface area (Å²) in [4.78, 5) is 12.5. The molecule has 0 spiro atoms. The zero-order valence-electron chi connectivity index (χ0n) is 14.8. The Labute approximate surface area is 156 Å². The summed E-state index contributed by atoms with van der Waals surface area (Å²) in [6, 6.07) is 11.5. The Bertz CT molecular complexity index is 897. The van der Waals surface area contributed by atoms with Crippen LogP contribution < -0.4 is 5.32 Å². The van der Waals surface area contributed by atoms with Crippen molar-refractivity contribution >= 4 is 5.91 Å². The van der Waals surface area contributed by atoms with E-state index in [1.54, 1.807) is 16.9 Å². The van der Waals surface area contributed by atoms with E-state index in [9.17, 15) is 9.90 Å². The van der Waals surface area contributed by atoms with E-state index in [4.69, 9.17) is 4.52 Å². The summed E-state index contributed by atoms with van der Waals surface area (Å²) in [6.45, 7) is -0.0699. The Kier molecular flexibility index (Phi) is 4.97. The largest absolute Gasteiger partial charge is 0.390 e. The van der Waals surface area contributed by atoms with Gasteiger partial charge in [0.25, 0.3) is 5.91 Å². The standard InChI is InChI=1S/C19H21N5O3/c25-12-16-11-20-23-24(16)15-8-6-14(7-9-15)21-19(26)17-10-18(27-22-17)13-4-2-1-3-5-13/h1-5,10-11,14-15,25H,6-9,12H2,(H,21,26). The number of hydrogen-bond acceptors (Lipinski definition) is 6. The molecule has 3 aromatic rings. The Balaban J connectivity index is 1.34. The van der Waals surface area contributed by atoms with Crippen LogP contribution in [0, 0.1) is 0 Å². The first kappa shape index (κ1) is 17.4. The Hall–Kier alpha value is -3.00. The predicted molar refractivity (Wildman–Crippen MR) is 96.6 cm³/mol. The van der Waals surface area contributed by atoms with Gasteiger partial charge >= 0.3 is 0 Å². The summed E-state index contributed by atoms with van der Waals surface area (Å²) in [5.74, 6) is 0.355. The Morgan fingerprint density at radius 2 is 2.00 bits per heavy atom. The van der Waals surface area contributed by atoms with Crippen molar-refractivity contribution in [1.29, 1.82) is 0 Å². The predicted octanol–water partition coefficient (Wildman–Crippen LogP) is 2.34. The maximum Gasteiger partial charge on any atom is 0.273 e. The molecule has 0 aliphatic heterocycles. The maximum absolute atomic E-state index is 12.5. The average molecular weight is 367 g/mol. The van der Waals surface area contributed by atoms with Crippen LogP contribution in [0.1, 0.15) is 47.9 Å². The van der Waals surface area contributed by atoms with E-state index in [2.05, 4.69) is 20.8 Å². The number of rotatable bonds is 5. The zero-order valence-corrected chi connectivity index (χ0v) is 14.8. The van der Waals surface area contributed by atoms with Gasteiger partial charge in [-0.2, -0.15) is 0 Å². The highest BCUT2D eigenvalue weighted by Crippen LogP contribution is 2.29. The van der Waals surface area contributed by atoms with Crippen molar-refractivity contribution in [3.8, 4) is 11.3 Å². The fourth-order valence-corrected chi connectivity index (χ4v) is 3.53. The van der Waals surface area contributed by atoms with Gasteiger partial charge in [0, 0.05) is 17.7 Å². The van der Waals surface area contributed by atoms with E-state index in [1.807, 2.05) is 30.3 Å². The van der Waals surface area contributed by atoms with Crippen molar-refractivity contribution in [2.45, 2.75) is 44.4 Å². The molecule has 0 bridgehead atoms. The van der Waals surface area contributed by atoms with Gasteiger partial charge in [-0.05, 0) is 25.7 Å². The number of carbonyl (C=O) groups is 1. The lowest BCUT2D eigenvalue weighted by molar-refractivity contribution is 0.0912. The van der Waals surface area contributed by atoms with Crippen LogP contribution in [0.25, 0.3) is 11.3 Å². The van der Waals surface area contributed by atoms with E-state index in [-0.39, 0.29) is 30.3 Å². The van der Waals surface area contributed by atoms with Crippen molar-refractivity contribution in [2.75, 3.05) is 0 Å². The molecule has 1 fully saturated rings. The average Bonchev–Trinajstić information content (AvgIpc) is 3.39. The highest BCUT2D eigenvalue weighted by molar-refractivity contribution is 5.93. The summed E-state index contributed by atoms with van der Waals surface area (Å²) in [5, 5.41) is 24.2. The molecule has 0 unspecified atom stereocenters. The number of benzene rings is 1. The van der Waals surface area contributed by atoms with E-state index < -0.39 is 0 Å². The molecule has 1 aromatic carbocycles. The molecule has 2 heterocycles. The number of aliphatic hydroxyl groups is 1. The van der Waals surface area contributed by atoms with Crippen LogP contribution in [-0.4, -0.2) is 37.2 Å². The highest BCUT2D eigenvalue weighted by Gasteiger charge is 2.26. The van der Waals surface area contributed by atoms with Crippen LogP contribution in [0.2, 0.25) is 0 Å². The van der Waals surface area contributed by atoms with E-state index in [0.29, 0.717) is 5.76 Å². The number of aromatic nitrogens is 4. The zero-order chi connectivity index (χ0) is 18.6. The van der Waals surface area contributed by atoms with Gasteiger partial charge in [-0.25, -0.2) is 4.68 Å². The van der Waals surface area contributed by atoms with Gasteiger partial charge in [-0.15, -0.1) is 5.10 Å². The van der Waals surface area contributed by atoms with Crippen LogP contribution in [0.15, 0.2) is 47.1 Å². The Morgan fingerprint density at radius 3 is 2.74 bits per heavy atom. The van der Waals surface area contributed by atoms with Gasteiger partial charge in [0.15, 0.2) is 11.5 Å². The van der Waals surface area contributed by atoms with Crippen molar-refractivity contribution in [3.63, 3.8) is 0 Å². The number of aliphatic hydroxyl groups excluding tert-OH is 1. The molecular formula is C19H21N5O3. The van der Waals surface area contributed by atoms with Gasteiger partial charge < -0.3 is 14.9 Å². The SMILES string of the molecule is O=C(NC1CCC(n2nncc2CO)CC1)c1cc(-c2ccccc2)on1. The summed E-state index contributed by atoms with van der Waals surface area (Å²) in [5.41, 5.74) is 1.89. The second-order valence-corrected chi connectivity index (χ2v) is 6.75. The van der Waals surface area contributed by atoms with Crippen LogP contribution >= 0.6 is 0 Å². The molecule has 27 heavy (non-hydrogen) atoms. The van der Waals surface area contributed by atoms with Crippen LogP contribution in [-0.2, 0) is 6.61 Å². The first-order valence-corrected chi connectivity index (χ1v) is 9.07. The molecular weight excluding hydrogens is 346 g/mol. The Morgan fingerprint density at radius 1 is 1.22 bits per heavy atom. The first-order valence-electron chi connectivity index (χ1n) is 9.07. The normalized spacial score (nSPS) is 19.7. The third kappa shape index (κ3) is 3.75. The minimum absolute atomic E-state index is 0.0699. The van der Waals surface area contributed by atoms with Crippen molar-refractivity contribution in [1.82, 2.24) is 25.5 Å². The van der Waals surface area contributed by atoms with Gasteiger partial charge in [-0.1, -0.05) is 40.7 Å². The van der Waals surface area contributed by atoms with Crippen molar-refractivity contribution in [3.05, 3.63) is 54.0 Å². The van der Waals surface area contributed by atoms with Crippen molar-refractivity contribution in [2.24, 2.45) is 0 Å². The molecule has 0 atom stereocenters. The lowest BCUT2D eigenvalue weighted by Crippen LogP contribution is -2.38. The second kappa shape index (κ2) is 7.71. The summed E-state index contributed by atoms with van der Waals surface area (Å²) < 4.78 is 7.09. The molecule has 1 aliphatic carbocycles. The third-order valence-corrected chi connectivity index (χ3v) is 4.99. The minimum Gasteiger partial charge on any atom is -0.390 e. The second-order valence-electron chi connectivity index (χ2n) is 6.75. The highest BCUT2D eigenvalue weighted by atomic mass is 16.5. The third-order valence-electron chi connectivity index (χ3n) is 4.99. The van der Waals surface area contributed by atoms with Gasteiger partial charge in [0.2, 0.25) is 0 Å². The number of nitrogens with one attached hydrogen (secondary N) is 1. The lowest BCUT2D eigenvalue weighted by atomic mass is 9.91. The minimum atomic E-state index is -0.221. The number of amides is 1. The number of hydrogen-bond donors (Lipinski definition) is 2. The number of nitrogens with zero attached hydrogens (tertiary/aromatic N) is 4. The molecule has 140 valence electrons. The van der Waals surface area contributed by atoms with Crippen molar-refractivity contribution < 1.29 is 14.4 Å². The molecule has 1 saturated carbocycles. The van der Waals surface area contributed by atoms with Gasteiger partial charge in [0.1, 0.15) is 0 Å². The molecule has 1 aliphatic rings. The monoisotopic (exact) mass is 367 g/mol. The summed E-state index contributed by atoms with van der Waals surface area (Å²) in [7, 11) is 0. The topological polar surface area (TPSA) is 106 Å².